The third kappa shape index (κ3) is 3.98. The van der Waals surface area contributed by atoms with Crippen LogP contribution in [0.15, 0.2) is 23.8 Å². The third-order valence-electron chi connectivity index (χ3n) is 10.4. The first-order valence-electron chi connectivity index (χ1n) is 14.7. The van der Waals surface area contributed by atoms with Gasteiger partial charge in [-0.2, -0.15) is 0 Å². The van der Waals surface area contributed by atoms with Crippen molar-refractivity contribution < 1.29 is 42.4 Å². The maximum Gasteiger partial charge on any atom is 0.414 e. The summed E-state index contributed by atoms with van der Waals surface area (Å²) in [6.07, 6.45) is -1.06. The molecule has 1 saturated heterocycles. The van der Waals surface area contributed by atoms with E-state index >= 15 is 8.78 Å². The van der Waals surface area contributed by atoms with Gasteiger partial charge in [0.05, 0.1) is 19.3 Å². The maximum absolute atomic E-state index is 17.6. The van der Waals surface area contributed by atoms with Crippen LogP contribution in [0, 0.1) is 40.4 Å². The van der Waals surface area contributed by atoms with E-state index in [-0.39, 0.29) is 61.6 Å². The molecule has 0 radical (unpaired) electrons. The number of carbonyl (C=O) groups excluding carboxylic acids is 2. The molecule has 4 fully saturated rings. The van der Waals surface area contributed by atoms with Crippen LogP contribution in [0.2, 0.25) is 0 Å². The second-order valence-electron chi connectivity index (χ2n) is 14.0. The van der Waals surface area contributed by atoms with E-state index in [1.807, 2.05) is 41.5 Å². The Morgan fingerprint density at radius 2 is 1.70 bits per heavy atom. The lowest BCUT2D eigenvalue weighted by molar-refractivity contribution is -0.535. The normalized spacial score (nSPS) is 46.0. The van der Waals surface area contributed by atoms with Crippen molar-refractivity contribution in [1.82, 2.24) is 0 Å². The summed E-state index contributed by atoms with van der Waals surface area (Å²) in [5.41, 5.74) is -6.22. The van der Waals surface area contributed by atoms with Gasteiger partial charge in [-0.05, 0) is 67.6 Å². The fraction of sp³-hybridized carbons (Fsp3) is 0.806. The second-order valence-corrected chi connectivity index (χ2v) is 14.0. The quantitative estimate of drug-likeness (QED) is 0.459. The second kappa shape index (κ2) is 9.76. The summed E-state index contributed by atoms with van der Waals surface area (Å²) in [5, 5.41) is 11.7. The van der Waals surface area contributed by atoms with Gasteiger partial charge in [-0.3, -0.25) is 19.1 Å². The Morgan fingerprint density at radius 1 is 1.07 bits per heavy atom. The van der Waals surface area contributed by atoms with Crippen molar-refractivity contribution in [3.05, 3.63) is 23.8 Å². The molecule has 1 spiro atoms. The van der Waals surface area contributed by atoms with Gasteiger partial charge in [-0.15, -0.1) is 0 Å². The summed E-state index contributed by atoms with van der Waals surface area (Å²) >= 11 is 0. The zero-order valence-corrected chi connectivity index (χ0v) is 24.7. The standard InChI is InChI=1S/C31H44F2O7/c1-17(2)14-37-31(38-15-18(3)4)39-16-26(36)30(40-31)19(5)10-21-22-12-24(32)23-11-20(34)8-9-27(23,6)29(22,33)25(35)13-28(21,30)7/h8-9,11,17-19,21-22,24-25,35H,10,12-16H2,1-7H3/t19-,21+,22+,24+,25+,27+,28+,29+,30+/m1/s1. The number of Topliss-reactive ketones (excluding diaryl/α,β-unsaturated/α-hetero) is 1. The molecule has 9 heteroatoms. The number of aliphatic hydroxyl groups excluding tert-OH is 1. The first-order chi connectivity index (χ1) is 18.6. The summed E-state index contributed by atoms with van der Waals surface area (Å²) in [6.45, 7) is 13.4. The van der Waals surface area contributed by atoms with E-state index in [0.717, 1.165) is 0 Å². The van der Waals surface area contributed by atoms with Crippen LogP contribution >= 0.6 is 0 Å². The van der Waals surface area contributed by atoms with E-state index in [4.69, 9.17) is 18.9 Å². The average Bonchev–Trinajstić information content (AvgIpc) is 3.09. The van der Waals surface area contributed by atoms with E-state index in [1.54, 1.807) is 6.92 Å². The number of hydrogen-bond donors (Lipinski definition) is 1. The molecule has 224 valence electrons. The minimum Gasteiger partial charge on any atom is -0.390 e. The van der Waals surface area contributed by atoms with Gasteiger partial charge in [0.25, 0.3) is 0 Å². The van der Waals surface area contributed by atoms with Crippen molar-refractivity contribution in [3.8, 4) is 0 Å². The number of ether oxygens (including phenoxy) is 4. The van der Waals surface area contributed by atoms with Gasteiger partial charge in [-0.25, -0.2) is 8.78 Å². The van der Waals surface area contributed by atoms with Crippen LogP contribution < -0.4 is 0 Å². The molecule has 1 N–H and O–H groups in total. The predicted molar refractivity (Wildman–Crippen MR) is 142 cm³/mol. The van der Waals surface area contributed by atoms with Gasteiger partial charge in [0.1, 0.15) is 18.4 Å². The van der Waals surface area contributed by atoms with Gasteiger partial charge in [0.15, 0.2) is 17.2 Å². The molecule has 0 aromatic carbocycles. The number of hydrogen-bond acceptors (Lipinski definition) is 7. The minimum atomic E-state index is -2.23. The number of alkyl halides is 2. The number of carbonyl (C=O) groups is 2. The lowest BCUT2D eigenvalue weighted by Crippen LogP contribution is -2.73. The zero-order valence-electron chi connectivity index (χ0n) is 24.7. The lowest BCUT2D eigenvalue weighted by Gasteiger charge is -2.64. The van der Waals surface area contributed by atoms with Crippen LogP contribution in [-0.4, -0.2) is 66.2 Å². The number of allylic oxidation sites excluding steroid dienone is 4. The van der Waals surface area contributed by atoms with E-state index < -0.39 is 58.3 Å². The highest BCUT2D eigenvalue weighted by molar-refractivity contribution is 6.01. The van der Waals surface area contributed by atoms with Crippen LogP contribution in [0.3, 0.4) is 0 Å². The molecule has 0 aromatic rings. The SMILES string of the molecule is CC(C)COC1(OCC(C)C)OCC(=O)[C@@]2(O1)[C@H](C)C[C@H]1[C@@H]3C[C@H](F)C4=CC(=O)C=C[C@]4(C)[C@@]3(F)[C@@H](O)C[C@@]12C. The van der Waals surface area contributed by atoms with E-state index in [9.17, 15) is 14.7 Å². The first-order valence-corrected chi connectivity index (χ1v) is 14.7. The maximum atomic E-state index is 17.6. The van der Waals surface area contributed by atoms with Crippen LogP contribution in [0.4, 0.5) is 8.78 Å². The molecule has 1 aliphatic heterocycles. The Balaban J connectivity index is 1.58. The summed E-state index contributed by atoms with van der Waals surface area (Å²) in [6, 6.07) is 0. The number of ketones is 2. The summed E-state index contributed by atoms with van der Waals surface area (Å²) in [4.78, 5) is 26.0. The molecule has 3 saturated carbocycles. The van der Waals surface area contributed by atoms with E-state index in [0.29, 0.717) is 6.42 Å². The topological polar surface area (TPSA) is 91.3 Å². The number of fused-ring (bicyclic) bond motifs is 6. The lowest BCUT2D eigenvalue weighted by atomic mass is 9.44. The van der Waals surface area contributed by atoms with Crippen molar-refractivity contribution in [2.75, 3.05) is 19.8 Å². The molecule has 0 unspecified atom stereocenters. The Bertz CT molecular complexity index is 1110. The Labute approximate surface area is 235 Å². The van der Waals surface area contributed by atoms with Gasteiger partial charge in [0, 0.05) is 16.7 Å². The van der Waals surface area contributed by atoms with Crippen molar-refractivity contribution in [1.29, 1.82) is 0 Å². The molecule has 40 heavy (non-hydrogen) atoms. The van der Waals surface area contributed by atoms with Crippen LogP contribution in [0.25, 0.3) is 0 Å². The molecular formula is C31H44F2O7. The molecule has 1 heterocycles. The molecule has 5 aliphatic rings. The number of aliphatic hydroxyl groups is 1. The van der Waals surface area contributed by atoms with E-state index in [1.165, 1.54) is 18.2 Å². The fourth-order valence-electron chi connectivity index (χ4n) is 8.60. The van der Waals surface area contributed by atoms with Crippen molar-refractivity contribution >= 4 is 11.6 Å². The van der Waals surface area contributed by atoms with Gasteiger partial charge in [-0.1, -0.05) is 47.6 Å². The molecule has 5 rings (SSSR count). The number of halogens is 2. The highest BCUT2D eigenvalue weighted by Crippen LogP contribution is 2.72. The van der Waals surface area contributed by atoms with Crippen molar-refractivity contribution in [3.63, 3.8) is 0 Å². The molecule has 0 amide bonds. The summed E-state index contributed by atoms with van der Waals surface area (Å²) in [5.74, 6) is -2.28. The Morgan fingerprint density at radius 3 is 2.30 bits per heavy atom. The minimum absolute atomic E-state index is 0.0729. The Hall–Kier alpha value is -1.52. The van der Waals surface area contributed by atoms with Crippen molar-refractivity contribution in [2.45, 2.75) is 97.4 Å². The molecule has 4 aliphatic carbocycles. The van der Waals surface area contributed by atoms with Gasteiger partial charge >= 0.3 is 6.16 Å². The monoisotopic (exact) mass is 566 g/mol. The molecule has 0 bridgehead atoms. The number of rotatable bonds is 6. The molecule has 7 nitrogen and oxygen atoms in total. The van der Waals surface area contributed by atoms with Gasteiger partial charge < -0.3 is 14.6 Å². The van der Waals surface area contributed by atoms with E-state index in [2.05, 4.69) is 0 Å². The molecular weight excluding hydrogens is 522 g/mol. The Kier molecular flexibility index (Phi) is 7.31. The largest absolute Gasteiger partial charge is 0.414 e. The van der Waals surface area contributed by atoms with Crippen molar-refractivity contribution in [2.24, 2.45) is 40.4 Å². The average molecular weight is 567 g/mol. The highest BCUT2D eigenvalue weighted by atomic mass is 19.1. The predicted octanol–water partition coefficient (Wildman–Crippen LogP) is 4.86. The third-order valence-corrected chi connectivity index (χ3v) is 10.4. The van der Waals surface area contributed by atoms with Crippen LogP contribution in [-0.2, 0) is 28.5 Å². The smallest absolute Gasteiger partial charge is 0.390 e. The summed E-state index contributed by atoms with van der Waals surface area (Å²) in [7, 11) is 0. The molecule has 0 aromatic heterocycles. The highest BCUT2D eigenvalue weighted by Gasteiger charge is 2.79. The van der Waals surface area contributed by atoms with Crippen LogP contribution in [0.1, 0.15) is 67.7 Å². The zero-order chi connectivity index (χ0) is 29.5. The van der Waals surface area contributed by atoms with Gasteiger partial charge in [0.2, 0.25) is 0 Å². The van der Waals surface area contributed by atoms with Crippen LogP contribution in [0.5, 0.6) is 0 Å². The molecule has 9 atom stereocenters. The first kappa shape index (κ1) is 30.0. The fourth-order valence-corrected chi connectivity index (χ4v) is 8.60. The summed E-state index contributed by atoms with van der Waals surface area (Å²) < 4.78 is 58.1.